The number of nitriles is 1. The minimum atomic E-state index is 0.716. The van der Waals surface area contributed by atoms with Crippen molar-refractivity contribution in [3.63, 3.8) is 0 Å². The summed E-state index contributed by atoms with van der Waals surface area (Å²) in [6.45, 7) is 4.75. The number of benzene rings is 1. The molecule has 3 heteroatoms. The fraction of sp³-hybridized carbons (Fsp3) is 0.267. The first-order valence-corrected chi connectivity index (χ1v) is 6.17. The molecule has 0 unspecified atom stereocenters. The third-order valence-corrected chi connectivity index (χ3v) is 2.89. The van der Waals surface area contributed by atoms with E-state index < -0.39 is 0 Å². The predicted octanol–water partition coefficient (Wildman–Crippen LogP) is 2.52. The molecule has 0 aliphatic heterocycles. The molecule has 0 aliphatic rings. The van der Waals surface area contributed by atoms with Gasteiger partial charge in [0.05, 0.1) is 11.6 Å². The number of hydrogen-bond donors (Lipinski definition) is 1. The second kappa shape index (κ2) is 6.04. The number of rotatable bonds is 5. The Morgan fingerprint density at radius 1 is 1.28 bits per heavy atom. The maximum Gasteiger partial charge on any atom is 0.0991 e. The molecule has 2 rings (SSSR count). The molecular weight excluding hydrogens is 222 g/mol. The van der Waals surface area contributed by atoms with E-state index in [1.54, 1.807) is 0 Å². The van der Waals surface area contributed by atoms with Gasteiger partial charge in [0.2, 0.25) is 0 Å². The summed E-state index contributed by atoms with van der Waals surface area (Å²) in [6.07, 6.45) is 2.08. The van der Waals surface area contributed by atoms with Gasteiger partial charge in [-0.1, -0.05) is 19.1 Å². The molecule has 3 nitrogen and oxygen atoms in total. The number of nitrogens with one attached hydrogen (secondary N) is 1. The van der Waals surface area contributed by atoms with Crippen molar-refractivity contribution in [3.8, 4) is 6.07 Å². The van der Waals surface area contributed by atoms with E-state index in [-0.39, 0.29) is 0 Å². The van der Waals surface area contributed by atoms with Gasteiger partial charge in [0.15, 0.2) is 0 Å². The van der Waals surface area contributed by atoms with Crippen molar-refractivity contribution in [2.45, 2.75) is 20.0 Å². The molecule has 0 amide bonds. The van der Waals surface area contributed by atoms with Gasteiger partial charge in [-0.2, -0.15) is 5.26 Å². The summed E-state index contributed by atoms with van der Waals surface area (Å²) in [5.74, 6) is 0. The molecule has 0 saturated heterocycles. The average Bonchev–Trinajstić information content (AvgIpc) is 2.84. The third kappa shape index (κ3) is 2.99. The second-order valence-corrected chi connectivity index (χ2v) is 4.22. The zero-order valence-electron chi connectivity index (χ0n) is 10.6. The molecule has 18 heavy (non-hydrogen) atoms. The minimum absolute atomic E-state index is 0.716. The maximum absolute atomic E-state index is 8.89. The molecule has 1 heterocycles. The predicted molar refractivity (Wildman–Crippen MR) is 72.1 cm³/mol. The van der Waals surface area contributed by atoms with E-state index in [4.69, 9.17) is 5.26 Å². The number of aromatic nitrogens is 1. The molecule has 0 fully saturated rings. The van der Waals surface area contributed by atoms with Gasteiger partial charge in [-0.25, -0.2) is 0 Å². The van der Waals surface area contributed by atoms with Crippen LogP contribution >= 0.6 is 0 Å². The van der Waals surface area contributed by atoms with Gasteiger partial charge in [-0.15, -0.1) is 0 Å². The molecule has 0 radical (unpaired) electrons. The maximum atomic E-state index is 8.89. The smallest absolute Gasteiger partial charge is 0.0991 e. The Kier molecular flexibility index (Phi) is 4.16. The van der Waals surface area contributed by atoms with Gasteiger partial charge in [0.25, 0.3) is 0 Å². The van der Waals surface area contributed by atoms with Crippen molar-refractivity contribution < 1.29 is 0 Å². The summed E-state index contributed by atoms with van der Waals surface area (Å²) in [6, 6.07) is 14.1. The Labute approximate surface area is 108 Å². The first kappa shape index (κ1) is 12.4. The molecule has 0 bridgehead atoms. The van der Waals surface area contributed by atoms with Crippen molar-refractivity contribution in [1.82, 2.24) is 9.88 Å². The number of hydrogen-bond acceptors (Lipinski definition) is 2. The fourth-order valence-electron chi connectivity index (χ4n) is 1.95. The van der Waals surface area contributed by atoms with Crippen LogP contribution in [-0.2, 0) is 13.1 Å². The van der Waals surface area contributed by atoms with Gasteiger partial charge in [0, 0.05) is 25.0 Å². The van der Waals surface area contributed by atoms with Crippen molar-refractivity contribution >= 4 is 0 Å². The van der Waals surface area contributed by atoms with E-state index in [9.17, 15) is 0 Å². The average molecular weight is 239 g/mol. The zero-order valence-corrected chi connectivity index (χ0v) is 10.6. The largest absolute Gasteiger partial charge is 0.346 e. The van der Waals surface area contributed by atoms with Crippen molar-refractivity contribution in [2.24, 2.45) is 0 Å². The van der Waals surface area contributed by atoms with Crippen LogP contribution in [0.4, 0.5) is 0 Å². The summed E-state index contributed by atoms with van der Waals surface area (Å²) < 4.78 is 2.21. The Hall–Kier alpha value is -2.05. The molecule has 2 aromatic rings. The van der Waals surface area contributed by atoms with E-state index in [1.165, 1.54) is 5.69 Å². The Bertz CT molecular complexity index is 549. The van der Waals surface area contributed by atoms with Crippen LogP contribution in [0.3, 0.4) is 0 Å². The fourth-order valence-corrected chi connectivity index (χ4v) is 1.95. The molecule has 0 atom stereocenters. The van der Waals surface area contributed by atoms with E-state index in [0.29, 0.717) is 5.56 Å². The standard InChI is InChI=1S/C15H17N3/c1-2-17-11-15-7-4-8-18(15)12-14-6-3-5-13(9-14)10-16/h3-9,17H,2,11-12H2,1H3. The van der Waals surface area contributed by atoms with Crippen LogP contribution in [0.5, 0.6) is 0 Å². The van der Waals surface area contributed by atoms with Crippen LogP contribution in [0.2, 0.25) is 0 Å². The molecule has 0 aliphatic carbocycles. The molecule has 0 spiro atoms. The highest BCUT2D eigenvalue weighted by Gasteiger charge is 2.02. The van der Waals surface area contributed by atoms with Crippen LogP contribution in [-0.4, -0.2) is 11.1 Å². The molecule has 92 valence electrons. The Balaban J connectivity index is 2.13. The lowest BCUT2D eigenvalue weighted by atomic mass is 10.1. The zero-order chi connectivity index (χ0) is 12.8. The first-order chi connectivity index (χ1) is 8.83. The van der Waals surface area contributed by atoms with E-state index in [1.807, 2.05) is 18.2 Å². The minimum Gasteiger partial charge on any atom is -0.346 e. The van der Waals surface area contributed by atoms with Crippen molar-refractivity contribution in [3.05, 3.63) is 59.4 Å². The molecule has 1 aromatic heterocycles. The van der Waals surface area contributed by atoms with E-state index in [0.717, 1.165) is 25.2 Å². The lowest BCUT2D eigenvalue weighted by Gasteiger charge is -2.10. The Morgan fingerprint density at radius 3 is 2.94 bits per heavy atom. The molecule has 0 saturated carbocycles. The van der Waals surface area contributed by atoms with Crippen LogP contribution in [0.25, 0.3) is 0 Å². The first-order valence-electron chi connectivity index (χ1n) is 6.17. The SMILES string of the molecule is CCNCc1cccn1Cc1cccc(C#N)c1. The topological polar surface area (TPSA) is 40.8 Å². The highest BCUT2D eigenvalue weighted by molar-refractivity contribution is 5.33. The highest BCUT2D eigenvalue weighted by atomic mass is 15.0. The normalized spacial score (nSPS) is 10.2. The van der Waals surface area contributed by atoms with Crippen molar-refractivity contribution in [1.29, 1.82) is 5.26 Å². The summed E-state index contributed by atoms with van der Waals surface area (Å²) in [4.78, 5) is 0. The summed E-state index contributed by atoms with van der Waals surface area (Å²) in [5, 5.41) is 12.2. The van der Waals surface area contributed by atoms with Gasteiger partial charge in [-0.3, -0.25) is 0 Å². The Morgan fingerprint density at radius 2 is 2.17 bits per heavy atom. The highest BCUT2D eigenvalue weighted by Crippen LogP contribution is 2.09. The lowest BCUT2D eigenvalue weighted by molar-refractivity contribution is 0.657. The van der Waals surface area contributed by atoms with Gasteiger partial charge < -0.3 is 9.88 Å². The summed E-state index contributed by atoms with van der Waals surface area (Å²) >= 11 is 0. The monoisotopic (exact) mass is 239 g/mol. The molecule has 1 aromatic carbocycles. The van der Waals surface area contributed by atoms with E-state index >= 15 is 0 Å². The number of nitrogens with zero attached hydrogens (tertiary/aromatic N) is 2. The molecular formula is C15H17N3. The quantitative estimate of drug-likeness (QED) is 0.871. The van der Waals surface area contributed by atoms with Gasteiger partial charge in [-0.05, 0) is 36.4 Å². The van der Waals surface area contributed by atoms with Gasteiger partial charge >= 0.3 is 0 Å². The van der Waals surface area contributed by atoms with Crippen LogP contribution in [0, 0.1) is 11.3 Å². The van der Waals surface area contributed by atoms with Crippen LogP contribution < -0.4 is 5.32 Å². The van der Waals surface area contributed by atoms with Crippen LogP contribution in [0.1, 0.15) is 23.7 Å². The second-order valence-electron chi connectivity index (χ2n) is 4.22. The lowest BCUT2D eigenvalue weighted by Crippen LogP contribution is -2.15. The molecule has 1 N–H and O–H groups in total. The summed E-state index contributed by atoms with van der Waals surface area (Å²) in [5.41, 5.74) is 3.13. The third-order valence-electron chi connectivity index (χ3n) is 2.89. The van der Waals surface area contributed by atoms with E-state index in [2.05, 4.69) is 47.3 Å². The van der Waals surface area contributed by atoms with Crippen molar-refractivity contribution in [2.75, 3.05) is 6.54 Å². The van der Waals surface area contributed by atoms with Crippen LogP contribution in [0.15, 0.2) is 42.6 Å². The summed E-state index contributed by atoms with van der Waals surface area (Å²) in [7, 11) is 0. The van der Waals surface area contributed by atoms with Gasteiger partial charge in [0.1, 0.15) is 0 Å².